The first-order valence-electron chi connectivity index (χ1n) is 4.36. The maximum absolute atomic E-state index is 12.4. The summed E-state index contributed by atoms with van der Waals surface area (Å²) in [5, 5.41) is 17.8. The van der Waals surface area contributed by atoms with Gasteiger partial charge < -0.3 is 10.2 Å². The Kier molecular flexibility index (Phi) is 3.54. The summed E-state index contributed by atoms with van der Waals surface area (Å²) in [6.07, 6.45) is -7.08. The van der Waals surface area contributed by atoms with E-state index in [-0.39, 0.29) is 5.56 Å². The molecule has 16 heavy (non-hydrogen) atoms. The van der Waals surface area contributed by atoms with E-state index in [0.29, 0.717) is 0 Å². The van der Waals surface area contributed by atoms with Crippen molar-refractivity contribution in [2.24, 2.45) is 5.92 Å². The first kappa shape index (κ1) is 12.5. The number of alkyl halides is 3. The highest BCUT2D eigenvalue weighted by Gasteiger charge is 2.50. The van der Waals surface area contributed by atoms with Crippen molar-refractivity contribution in [1.82, 2.24) is 0 Å². The van der Waals surface area contributed by atoms with Gasteiger partial charge in [0.05, 0.1) is 0 Å². The number of hydrogen-bond donors (Lipinski definition) is 2. The fourth-order valence-corrected chi connectivity index (χ4v) is 1.30. The first-order valence-corrected chi connectivity index (χ1v) is 4.36. The number of aliphatic hydroxyl groups excluding tert-OH is 1. The molecule has 0 radical (unpaired) electrons. The Morgan fingerprint density at radius 1 is 1.19 bits per heavy atom. The quantitative estimate of drug-likeness (QED) is 0.840. The van der Waals surface area contributed by atoms with E-state index in [1.165, 1.54) is 24.3 Å². The molecule has 0 saturated heterocycles. The number of carboxylic acid groups (broad SMARTS) is 1. The summed E-state index contributed by atoms with van der Waals surface area (Å²) in [6, 6.07) is 6.89. The van der Waals surface area contributed by atoms with Gasteiger partial charge in [0.1, 0.15) is 6.10 Å². The summed E-state index contributed by atoms with van der Waals surface area (Å²) in [6.45, 7) is 0. The van der Waals surface area contributed by atoms with Crippen LogP contribution in [-0.2, 0) is 4.79 Å². The third-order valence-corrected chi connectivity index (χ3v) is 2.08. The van der Waals surface area contributed by atoms with E-state index in [9.17, 15) is 23.1 Å². The second-order valence-corrected chi connectivity index (χ2v) is 3.21. The molecule has 88 valence electrons. The third-order valence-electron chi connectivity index (χ3n) is 2.08. The number of carboxylic acids is 1. The van der Waals surface area contributed by atoms with Crippen LogP contribution in [0.15, 0.2) is 30.3 Å². The van der Waals surface area contributed by atoms with Gasteiger partial charge in [-0.2, -0.15) is 13.2 Å². The average molecular weight is 234 g/mol. The maximum atomic E-state index is 12.4. The minimum atomic E-state index is -4.99. The highest BCUT2D eigenvalue weighted by Crippen LogP contribution is 2.36. The minimum absolute atomic E-state index is 0.0766. The van der Waals surface area contributed by atoms with Crippen molar-refractivity contribution in [3.05, 3.63) is 35.9 Å². The van der Waals surface area contributed by atoms with Crippen molar-refractivity contribution in [2.75, 3.05) is 0 Å². The lowest BCUT2D eigenvalue weighted by Gasteiger charge is -2.21. The molecule has 0 amide bonds. The van der Waals surface area contributed by atoms with Crippen LogP contribution in [0.3, 0.4) is 0 Å². The zero-order valence-electron chi connectivity index (χ0n) is 7.98. The van der Waals surface area contributed by atoms with Crippen LogP contribution in [0.4, 0.5) is 13.2 Å². The van der Waals surface area contributed by atoms with Crippen molar-refractivity contribution in [3.63, 3.8) is 0 Å². The zero-order valence-corrected chi connectivity index (χ0v) is 7.98. The topological polar surface area (TPSA) is 57.5 Å². The van der Waals surface area contributed by atoms with Crippen molar-refractivity contribution in [1.29, 1.82) is 0 Å². The Morgan fingerprint density at radius 2 is 1.69 bits per heavy atom. The van der Waals surface area contributed by atoms with Crippen LogP contribution in [0.5, 0.6) is 0 Å². The smallest absolute Gasteiger partial charge is 0.405 e. The van der Waals surface area contributed by atoms with E-state index < -0.39 is 24.2 Å². The van der Waals surface area contributed by atoms with Crippen molar-refractivity contribution in [3.8, 4) is 0 Å². The lowest BCUT2D eigenvalue weighted by atomic mass is 9.95. The standard InChI is InChI=1S/C10H9F3O3/c11-10(12,13)7(9(15)16)8(14)6-4-2-1-3-5-6/h1-5,7-8,14H,(H,15,16)/t7-,8-/m0/s1. The van der Waals surface area contributed by atoms with Gasteiger partial charge in [0, 0.05) is 0 Å². The molecule has 1 aromatic rings. The largest absolute Gasteiger partial charge is 0.481 e. The van der Waals surface area contributed by atoms with Crippen LogP contribution in [-0.4, -0.2) is 22.4 Å². The van der Waals surface area contributed by atoms with E-state index in [2.05, 4.69) is 0 Å². The second-order valence-electron chi connectivity index (χ2n) is 3.21. The number of aliphatic hydroxyl groups is 1. The minimum Gasteiger partial charge on any atom is -0.481 e. The number of aliphatic carboxylic acids is 1. The zero-order chi connectivity index (χ0) is 12.3. The Balaban J connectivity index is 3.02. The number of halogens is 3. The fraction of sp³-hybridized carbons (Fsp3) is 0.300. The molecule has 0 aliphatic carbocycles. The lowest BCUT2D eigenvalue weighted by molar-refractivity contribution is -0.212. The van der Waals surface area contributed by atoms with Gasteiger partial charge in [-0.15, -0.1) is 0 Å². The molecule has 1 aromatic carbocycles. The third kappa shape index (κ3) is 2.73. The number of rotatable bonds is 3. The molecule has 0 unspecified atom stereocenters. The van der Waals surface area contributed by atoms with Crippen LogP contribution in [0, 0.1) is 5.92 Å². The highest BCUT2D eigenvalue weighted by molar-refractivity contribution is 5.72. The van der Waals surface area contributed by atoms with E-state index in [1.807, 2.05) is 0 Å². The molecule has 0 bridgehead atoms. The summed E-state index contributed by atoms with van der Waals surface area (Å²) in [4.78, 5) is 10.5. The van der Waals surface area contributed by atoms with Gasteiger partial charge in [0.25, 0.3) is 0 Å². The molecule has 0 spiro atoms. The maximum Gasteiger partial charge on any atom is 0.405 e. The van der Waals surface area contributed by atoms with Crippen LogP contribution in [0.25, 0.3) is 0 Å². The van der Waals surface area contributed by atoms with Crippen LogP contribution in [0.1, 0.15) is 11.7 Å². The lowest BCUT2D eigenvalue weighted by Crippen LogP contribution is -2.35. The first-order chi connectivity index (χ1) is 7.34. The molecule has 0 heterocycles. The van der Waals surface area contributed by atoms with Gasteiger partial charge in [-0.1, -0.05) is 30.3 Å². The second kappa shape index (κ2) is 4.52. The molecule has 6 heteroatoms. The van der Waals surface area contributed by atoms with Gasteiger partial charge in [0.15, 0.2) is 5.92 Å². The molecule has 0 saturated carbocycles. The Hall–Kier alpha value is -1.56. The highest BCUT2D eigenvalue weighted by atomic mass is 19.4. The Morgan fingerprint density at radius 3 is 2.06 bits per heavy atom. The molecular weight excluding hydrogens is 225 g/mol. The molecular formula is C10H9F3O3. The van der Waals surface area contributed by atoms with E-state index >= 15 is 0 Å². The SMILES string of the molecule is O=C(O)[C@H]([C@@H](O)c1ccccc1)C(F)(F)F. The molecule has 3 nitrogen and oxygen atoms in total. The molecule has 0 aliphatic heterocycles. The molecule has 0 fully saturated rings. The summed E-state index contributed by atoms with van der Waals surface area (Å²) in [5.41, 5.74) is -0.0766. The van der Waals surface area contributed by atoms with Crippen LogP contribution in [0.2, 0.25) is 0 Å². The molecule has 1 rings (SSSR count). The van der Waals surface area contributed by atoms with Gasteiger partial charge >= 0.3 is 12.1 Å². The monoisotopic (exact) mass is 234 g/mol. The van der Waals surface area contributed by atoms with Gasteiger partial charge in [-0.25, -0.2) is 0 Å². The van der Waals surface area contributed by atoms with Gasteiger partial charge in [0.2, 0.25) is 0 Å². The van der Waals surface area contributed by atoms with Crippen molar-refractivity contribution < 1.29 is 28.2 Å². The number of hydrogen-bond acceptors (Lipinski definition) is 2. The summed E-state index contributed by atoms with van der Waals surface area (Å²) in [7, 11) is 0. The fourth-order valence-electron chi connectivity index (χ4n) is 1.30. The summed E-state index contributed by atoms with van der Waals surface area (Å²) < 4.78 is 37.1. The van der Waals surface area contributed by atoms with E-state index in [0.717, 1.165) is 0 Å². The predicted octanol–water partition coefficient (Wildman–Crippen LogP) is 1.98. The summed E-state index contributed by atoms with van der Waals surface area (Å²) >= 11 is 0. The molecule has 2 atom stereocenters. The van der Waals surface area contributed by atoms with E-state index in [1.54, 1.807) is 6.07 Å². The average Bonchev–Trinajstić information content (AvgIpc) is 2.16. The van der Waals surface area contributed by atoms with Crippen molar-refractivity contribution in [2.45, 2.75) is 12.3 Å². The normalized spacial score (nSPS) is 15.5. The van der Waals surface area contributed by atoms with E-state index in [4.69, 9.17) is 5.11 Å². The van der Waals surface area contributed by atoms with Crippen LogP contribution >= 0.6 is 0 Å². The molecule has 0 aliphatic rings. The number of benzene rings is 1. The predicted molar refractivity (Wildman–Crippen MR) is 48.6 cm³/mol. The molecule has 0 aromatic heterocycles. The van der Waals surface area contributed by atoms with Gasteiger partial charge in [-0.3, -0.25) is 4.79 Å². The van der Waals surface area contributed by atoms with Crippen LogP contribution < -0.4 is 0 Å². The molecule has 2 N–H and O–H groups in total. The summed E-state index contributed by atoms with van der Waals surface area (Å²) in [5.74, 6) is -4.90. The Labute approximate surface area is 89.1 Å². The Bertz CT molecular complexity index is 361. The van der Waals surface area contributed by atoms with Gasteiger partial charge in [-0.05, 0) is 5.56 Å². The number of carbonyl (C=O) groups is 1. The van der Waals surface area contributed by atoms with Crippen molar-refractivity contribution >= 4 is 5.97 Å².